The summed E-state index contributed by atoms with van der Waals surface area (Å²) in [5, 5.41) is 2.47. The standard InChI is InChI=1S/C8H14FN2O/c9-8-1-4-11(5-2-8)6-3-10-7-12/h8H,1-6H2,(H,10,12). The van der Waals surface area contributed by atoms with Crippen molar-refractivity contribution in [3.8, 4) is 0 Å². The van der Waals surface area contributed by atoms with Crippen LogP contribution in [-0.4, -0.2) is 43.7 Å². The average Bonchev–Trinajstić information content (AvgIpc) is 2.09. The van der Waals surface area contributed by atoms with E-state index in [0.29, 0.717) is 19.4 Å². The van der Waals surface area contributed by atoms with Crippen LogP contribution in [-0.2, 0) is 4.79 Å². The van der Waals surface area contributed by atoms with Crippen LogP contribution < -0.4 is 5.32 Å². The highest BCUT2D eigenvalue weighted by Gasteiger charge is 2.17. The largest absolute Gasteiger partial charge is 0.347 e. The molecule has 1 saturated heterocycles. The Labute approximate surface area is 71.9 Å². The van der Waals surface area contributed by atoms with Crippen LogP contribution in [0.1, 0.15) is 12.8 Å². The Balaban J connectivity index is 2.05. The average molecular weight is 173 g/mol. The van der Waals surface area contributed by atoms with Gasteiger partial charge in [0.1, 0.15) is 6.17 Å². The number of carbonyl (C=O) groups excluding carboxylic acids is 1. The molecule has 12 heavy (non-hydrogen) atoms. The third-order valence-electron chi connectivity index (χ3n) is 2.14. The minimum atomic E-state index is -0.619. The van der Waals surface area contributed by atoms with E-state index in [2.05, 4.69) is 10.2 Å². The van der Waals surface area contributed by atoms with Gasteiger partial charge in [0.05, 0.1) is 0 Å². The van der Waals surface area contributed by atoms with Gasteiger partial charge in [0.15, 0.2) is 0 Å². The molecular formula is C8H14FN2O. The maximum atomic E-state index is 12.6. The fraction of sp³-hybridized carbons (Fsp3) is 0.875. The van der Waals surface area contributed by atoms with Crippen LogP contribution in [0.25, 0.3) is 0 Å². The third kappa shape index (κ3) is 3.17. The third-order valence-corrected chi connectivity index (χ3v) is 2.14. The number of nitrogens with one attached hydrogen (secondary N) is 1. The molecule has 1 amide bonds. The van der Waals surface area contributed by atoms with E-state index >= 15 is 0 Å². The van der Waals surface area contributed by atoms with Crippen LogP contribution in [0, 0.1) is 0 Å². The fourth-order valence-corrected chi connectivity index (χ4v) is 1.39. The first-order valence-electron chi connectivity index (χ1n) is 4.29. The lowest BCUT2D eigenvalue weighted by molar-refractivity contribution is 0.152. The number of hydrogen-bond donors (Lipinski definition) is 1. The van der Waals surface area contributed by atoms with Crippen molar-refractivity contribution in [2.75, 3.05) is 26.2 Å². The summed E-state index contributed by atoms with van der Waals surface area (Å²) in [5.41, 5.74) is 0. The first kappa shape index (κ1) is 9.45. The molecule has 0 aromatic heterocycles. The van der Waals surface area contributed by atoms with Gasteiger partial charge in [-0.05, 0) is 12.8 Å². The second-order valence-corrected chi connectivity index (χ2v) is 3.05. The van der Waals surface area contributed by atoms with Gasteiger partial charge < -0.3 is 10.2 Å². The monoisotopic (exact) mass is 173 g/mol. The van der Waals surface area contributed by atoms with Crippen LogP contribution in [0.15, 0.2) is 0 Å². The molecule has 0 spiro atoms. The molecule has 1 aliphatic rings. The number of likely N-dealkylation sites (tertiary alicyclic amines) is 1. The second-order valence-electron chi connectivity index (χ2n) is 3.05. The molecule has 4 heteroatoms. The molecule has 1 N–H and O–H groups in total. The number of alkyl halides is 1. The summed E-state index contributed by atoms with van der Waals surface area (Å²) in [6.45, 7) is 3.03. The fourth-order valence-electron chi connectivity index (χ4n) is 1.39. The second kappa shape index (κ2) is 5.09. The Morgan fingerprint density at radius 2 is 2.17 bits per heavy atom. The molecule has 1 radical (unpaired) electrons. The molecule has 0 aliphatic carbocycles. The molecule has 69 valence electrons. The highest BCUT2D eigenvalue weighted by atomic mass is 19.1. The molecule has 0 atom stereocenters. The van der Waals surface area contributed by atoms with Gasteiger partial charge in [0.2, 0.25) is 0 Å². The molecule has 1 heterocycles. The van der Waals surface area contributed by atoms with Gasteiger partial charge in [-0.2, -0.15) is 0 Å². The van der Waals surface area contributed by atoms with Gasteiger partial charge in [0.25, 0.3) is 0 Å². The van der Waals surface area contributed by atoms with Crippen LogP contribution in [0.3, 0.4) is 0 Å². The quantitative estimate of drug-likeness (QED) is 0.482. The zero-order valence-corrected chi connectivity index (χ0v) is 7.05. The Bertz CT molecular complexity index is 135. The summed E-state index contributed by atoms with van der Waals surface area (Å²) < 4.78 is 12.6. The first-order chi connectivity index (χ1) is 5.83. The Morgan fingerprint density at radius 3 is 2.75 bits per heavy atom. The van der Waals surface area contributed by atoms with Gasteiger partial charge in [-0.3, -0.25) is 4.79 Å². The highest BCUT2D eigenvalue weighted by molar-refractivity contribution is 5.46. The van der Waals surface area contributed by atoms with Gasteiger partial charge >= 0.3 is 6.41 Å². The van der Waals surface area contributed by atoms with Crippen LogP contribution in [0.4, 0.5) is 4.39 Å². The van der Waals surface area contributed by atoms with Crippen molar-refractivity contribution in [3.05, 3.63) is 0 Å². The van der Waals surface area contributed by atoms with E-state index < -0.39 is 6.17 Å². The lowest BCUT2D eigenvalue weighted by Gasteiger charge is -2.28. The predicted octanol–water partition coefficient (Wildman–Crippen LogP) is 0.0771. The number of rotatable bonds is 4. The maximum Gasteiger partial charge on any atom is 0.309 e. The molecule has 1 rings (SSSR count). The van der Waals surface area contributed by atoms with Crippen LogP contribution in [0.5, 0.6) is 0 Å². The normalized spacial score (nSPS) is 20.8. The predicted molar refractivity (Wildman–Crippen MR) is 44.3 cm³/mol. The topological polar surface area (TPSA) is 32.3 Å². The van der Waals surface area contributed by atoms with Crippen molar-refractivity contribution in [1.82, 2.24) is 10.2 Å². The molecule has 0 saturated carbocycles. The van der Waals surface area contributed by atoms with Crippen molar-refractivity contribution < 1.29 is 9.18 Å². The van der Waals surface area contributed by atoms with Crippen LogP contribution >= 0.6 is 0 Å². The van der Waals surface area contributed by atoms with E-state index in [1.165, 1.54) is 0 Å². The van der Waals surface area contributed by atoms with Gasteiger partial charge in [-0.25, -0.2) is 4.39 Å². The smallest absolute Gasteiger partial charge is 0.309 e. The Morgan fingerprint density at radius 1 is 1.50 bits per heavy atom. The number of halogens is 1. The Kier molecular flexibility index (Phi) is 4.00. The van der Waals surface area contributed by atoms with Gasteiger partial charge in [0, 0.05) is 26.2 Å². The molecular weight excluding hydrogens is 159 g/mol. The van der Waals surface area contributed by atoms with E-state index in [0.717, 1.165) is 19.6 Å². The van der Waals surface area contributed by atoms with E-state index in [1.54, 1.807) is 6.41 Å². The summed E-state index contributed by atoms with van der Waals surface area (Å²) in [5.74, 6) is 0. The van der Waals surface area contributed by atoms with E-state index in [-0.39, 0.29) is 0 Å². The van der Waals surface area contributed by atoms with Crippen molar-refractivity contribution in [2.45, 2.75) is 19.0 Å². The number of nitrogens with zero attached hydrogens (tertiary/aromatic N) is 1. The van der Waals surface area contributed by atoms with Crippen molar-refractivity contribution in [2.24, 2.45) is 0 Å². The minimum Gasteiger partial charge on any atom is -0.347 e. The molecule has 1 aliphatic heterocycles. The molecule has 3 nitrogen and oxygen atoms in total. The molecule has 0 bridgehead atoms. The van der Waals surface area contributed by atoms with Crippen LogP contribution in [0.2, 0.25) is 0 Å². The first-order valence-corrected chi connectivity index (χ1v) is 4.29. The zero-order valence-electron chi connectivity index (χ0n) is 7.05. The molecule has 1 fully saturated rings. The number of hydrogen-bond acceptors (Lipinski definition) is 2. The van der Waals surface area contributed by atoms with Gasteiger partial charge in [-0.1, -0.05) is 0 Å². The summed E-state index contributed by atoms with van der Waals surface area (Å²) in [4.78, 5) is 11.9. The summed E-state index contributed by atoms with van der Waals surface area (Å²) in [7, 11) is 0. The van der Waals surface area contributed by atoms with Crippen molar-refractivity contribution >= 4 is 6.41 Å². The van der Waals surface area contributed by atoms with E-state index in [9.17, 15) is 9.18 Å². The number of piperidine rings is 1. The maximum absolute atomic E-state index is 12.6. The minimum absolute atomic E-state index is 0.612. The number of amides is 1. The molecule has 0 aromatic carbocycles. The summed E-state index contributed by atoms with van der Waals surface area (Å²) in [6.07, 6.45) is 2.26. The molecule has 0 aromatic rings. The molecule has 0 unspecified atom stereocenters. The highest BCUT2D eigenvalue weighted by Crippen LogP contribution is 2.12. The van der Waals surface area contributed by atoms with E-state index in [1.807, 2.05) is 0 Å². The lowest BCUT2D eigenvalue weighted by atomic mass is 10.1. The SMILES string of the molecule is O=[C]NCCN1CCC(F)CC1. The Hall–Kier alpha value is -0.640. The zero-order chi connectivity index (χ0) is 8.81. The lowest BCUT2D eigenvalue weighted by Crippen LogP contribution is -2.38. The van der Waals surface area contributed by atoms with Crippen molar-refractivity contribution in [1.29, 1.82) is 0 Å². The van der Waals surface area contributed by atoms with Gasteiger partial charge in [-0.15, -0.1) is 0 Å². The summed E-state index contributed by atoms with van der Waals surface area (Å²) >= 11 is 0. The van der Waals surface area contributed by atoms with Crippen molar-refractivity contribution in [3.63, 3.8) is 0 Å². The summed E-state index contributed by atoms with van der Waals surface area (Å²) in [6, 6.07) is 0. The van der Waals surface area contributed by atoms with E-state index in [4.69, 9.17) is 0 Å².